The van der Waals surface area contributed by atoms with Gasteiger partial charge in [0.05, 0.1) is 17.8 Å². The normalized spacial score (nSPS) is 17.3. The predicted molar refractivity (Wildman–Crippen MR) is 84.9 cm³/mol. The number of aliphatic hydroxyl groups is 1. The second-order valence-corrected chi connectivity index (χ2v) is 6.45. The molecule has 0 amide bonds. The van der Waals surface area contributed by atoms with Crippen LogP contribution >= 0.6 is 23.2 Å². The SMILES string of the molecule is OC(Cc1ccn(C2CCCC2)n1)c1cc(Cl)ccc1Cl. The average Bonchev–Trinajstić information content (AvgIpc) is 3.11. The molecule has 112 valence electrons. The van der Waals surface area contributed by atoms with Gasteiger partial charge in [-0.2, -0.15) is 5.10 Å². The Morgan fingerprint density at radius 3 is 2.76 bits per heavy atom. The van der Waals surface area contributed by atoms with Crippen molar-refractivity contribution < 1.29 is 5.11 Å². The number of rotatable bonds is 4. The smallest absolute Gasteiger partial charge is 0.0861 e. The highest BCUT2D eigenvalue weighted by atomic mass is 35.5. The lowest BCUT2D eigenvalue weighted by Gasteiger charge is -2.12. The molecule has 1 saturated carbocycles. The Balaban J connectivity index is 1.72. The molecule has 0 bridgehead atoms. The van der Waals surface area contributed by atoms with Gasteiger partial charge in [0.15, 0.2) is 0 Å². The molecule has 1 unspecified atom stereocenters. The third-order valence-electron chi connectivity index (χ3n) is 4.08. The third-order valence-corrected chi connectivity index (χ3v) is 4.66. The minimum Gasteiger partial charge on any atom is -0.388 e. The molecule has 0 saturated heterocycles. The van der Waals surface area contributed by atoms with Crippen molar-refractivity contribution >= 4 is 23.2 Å². The van der Waals surface area contributed by atoms with E-state index in [0.29, 0.717) is 28.1 Å². The van der Waals surface area contributed by atoms with Gasteiger partial charge in [-0.25, -0.2) is 0 Å². The largest absolute Gasteiger partial charge is 0.388 e. The van der Waals surface area contributed by atoms with Crippen LogP contribution in [-0.2, 0) is 6.42 Å². The fraction of sp³-hybridized carbons (Fsp3) is 0.438. The van der Waals surface area contributed by atoms with Crippen molar-refractivity contribution in [2.45, 2.75) is 44.2 Å². The summed E-state index contributed by atoms with van der Waals surface area (Å²) in [6, 6.07) is 7.63. The molecule has 1 aromatic carbocycles. The van der Waals surface area contributed by atoms with Crippen molar-refractivity contribution in [1.29, 1.82) is 0 Å². The zero-order valence-corrected chi connectivity index (χ0v) is 13.2. The summed E-state index contributed by atoms with van der Waals surface area (Å²) in [7, 11) is 0. The number of hydrogen-bond acceptors (Lipinski definition) is 2. The third kappa shape index (κ3) is 3.42. The summed E-state index contributed by atoms with van der Waals surface area (Å²) in [5.41, 5.74) is 1.53. The Bertz CT molecular complexity index is 620. The molecule has 3 nitrogen and oxygen atoms in total. The first-order valence-corrected chi connectivity index (χ1v) is 8.06. The lowest BCUT2D eigenvalue weighted by Crippen LogP contribution is -2.07. The van der Waals surface area contributed by atoms with Crippen molar-refractivity contribution in [3.8, 4) is 0 Å². The molecular formula is C16H18Cl2N2O. The number of nitrogens with zero attached hydrogens (tertiary/aromatic N) is 2. The van der Waals surface area contributed by atoms with Crippen LogP contribution in [0.2, 0.25) is 10.0 Å². The van der Waals surface area contributed by atoms with Gasteiger partial charge in [0, 0.05) is 28.2 Å². The molecule has 21 heavy (non-hydrogen) atoms. The molecule has 0 aliphatic heterocycles. The second kappa shape index (κ2) is 6.39. The van der Waals surface area contributed by atoms with Crippen LogP contribution < -0.4 is 0 Å². The number of aliphatic hydroxyl groups excluding tert-OH is 1. The van der Waals surface area contributed by atoms with E-state index in [2.05, 4.69) is 5.10 Å². The first-order chi connectivity index (χ1) is 10.1. The highest BCUT2D eigenvalue weighted by molar-refractivity contribution is 6.33. The first-order valence-electron chi connectivity index (χ1n) is 7.30. The molecule has 0 radical (unpaired) electrons. The molecule has 1 aliphatic carbocycles. The van der Waals surface area contributed by atoms with Crippen molar-refractivity contribution in [3.05, 3.63) is 51.8 Å². The summed E-state index contributed by atoms with van der Waals surface area (Å²) in [5.74, 6) is 0. The van der Waals surface area contributed by atoms with Crippen LogP contribution in [0, 0.1) is 0 Å². The highest BCUT2D eigenvalue weighted by Gasteiger charge is 2.19. The molecule has 5 heteroatoms. The highest BCUT2D eigenvalue weighted by Crippen LogP contribution is 2.30. The van der Waals surface area contributed by atoms with E-state index in [1.54, 1.807) is 18.2 Å². The van der Waals surface area contributed by atoms with Crippen LogP contribution in [0.1, 0.15) is 49.1 Å². The summed E-state index contributed by atoms with van der Waals surface area (Å²) in [6.45, 7) is 0. The van der Waals surface area contributed by atoms with Crippen LogP contribution in [0.3, 0.4) is 0 Å². The van der Waals surface area contributed by atoms with Crippen molar-refractivity contribution in [2.24, 2.45) is 0 Å². The quantitative estimate of drug-likeness (QED) is 0.893. The molecular weight excluding hydrogens is 307 g/mol. The van der Waals surface area contributed by atoms with E-state index in [9.17, 15) is 5.11 Å². The van der Waals surface area contributed by atoms with Crippen LogP contribution in [0.15, 0.2) is 30.5 Å². The second-order valence-electron chi connectivity index (χ2n) is 5.61. The van der Waals surface area contributed by atoms with E-state index in [1.807, 2.05) is 16.9 Å². The Morgan fingerprint density at radius 2 is 2.00 bits per heavy atom. The van der Waals surface area contributed by atoms with Crippen molar-refractivity contribution in [1.82, 2.24) is 9.78 Å². The molecule has 0 spiro atoms. The summed E-state index contributed by atoms with van der Waals surface area (Å²) >= 11 is 12.1. The van der Waals surface area contributed by atoms with Gasteiger partial charge in [-0.05, 0) is 37.1 Å². The molecule has 1 atom stereocenters. The average molecular weight is 325 g/mol. The maximum absolute atomic E-state index is 10.4. The summed E-state index contributed by atoms with van der Waals surface area (Å²) in [6.07, 6.45) is 6.72. The number of hydrogen-bond donors (Lipinski definition) is 1. The molecule has 1 N–H and O–H groups in total. The van der Waals surface area contributed by atoms with E-state index in [-0.39, 0.29) is 0 Å². The lowest BCUT2D eigenvalue weighted by atomic mass is 10.1. The lowest BCUT2D eigenvalue weighted by molar-refractivity contribution is 0.177. The van der Waals surface area contributed by atoms with Gasteiger partial charge in [-0.15, -0.1) is 0 Å². The minimum absolute atomic E-state index is 0.444. The fourth-order valence-corrected chi connectivity index (χ4v) is 3.36. The van der Waals surface area contributed by atoms with Gasteiger partial charge < -0.3 is 5.11 Å². The maximum atomic E-state index is 10.4. The zero-order valence-electron chi connectivity index (χ0n) is 11.7. The summed E-state index contributed by atoms with van der Waals surface area (Å²) < 4.78 is 2.04. The van der Waals surface area contributed by atoms with Gasteiger partial charge in [0.25, 0.3) is 0 Å². The van der Waals surface area contributed by atoms with Gasteiger partial charge >= 0.3 is 0 Å². The Hall–Kier alpha value is -1.03. The summed E-state index contributed by atoms with van der Waals surface area (Å²) in [5, 5.41) is 16.1. The molecule has 1 fully saturated rings. The predicted octanol–water partition coefficient (Wildman–Crippen LogP) is 4.58. The molecule has 1 aliphatic rings. The fourth-order valence-electron chi connectivity index (χ4n) is 2.94. The van der Waals surface area contributed by atoms with E-state index in [1.165, 1.54) is 25.7 Å². The van der Waals surface area contributed by atoms with Crippen LogP contribution in [-0.4, -0.2) is 14.9 Å². The molecule has 2 aromatic rings. The van der Waals surface area contributed by atoms with Gasteiger partial charge in [-0.3, -0.25) is 4.68 Å². The van der Waals surface area contributed by atoms with E-state index < -0.39 is 6.10 Å². The van der Waals surface area contributed by atoms with Crippen LogP contribution in [0.25, 0.3) is 0 Å². The number of halogens is 2. The minimum atomic E-state index is -0.692. The monoisotopic (exact) mass is 324 g/mol. The maximum Gasteiger partial charge on any atom is 0.0861 e. The Kier molecular flexibility index (Phi) is 4.53. The van der Waals surface area contributed by atoms with Gasteiger partial charge in [-0.1, -0.05) is 36.0 Å². The number of benzene rings is 1. The Labute approximate surface area is 134 Å². The summed E-state index contributed by atoms with van der Waals surface area (Å²) in [4.78, 5) is 0. The van der Waals surface area contributed by atoms with E-state index in [4.69, 9.17) is 23.2 Å². The van der Waals surface area contributed by atoms with Crippen LogP contribution in [0.4, 0.5) is 0 Å². The molecule has 1 heterocycles. The van der Waals surface area contributed by atoms with Gasteiger partial charge in [0.2, 0.25) is 0 Å². The standard InChI is InChI=1S/C16H18Cl2N2O/c17-11-5-6-15(18)14(9-11)16(21)10-12-7-8-20(19-12)13-3-1-2-4-13/h5-9,13,16,21H,1-4,10H2. The first kappa shape index (κ1) is 14.9. The number of aromatic nitrogens is 2. The van der Waals surface area contributed by atoms with Gasteiger partial charge in [0.1, 0.15) is 0 Å². The zero-order chi connectivity index (χ0) is 14.8. The van der Waals surface area contributed by atoms with E-state index >= 15 is 0 Å². The topological polar surface area (TPSA) is 38.0 Å². The molecule has 1 aromatic heterocycles. The molecule has 3 rings (SSSR count). The van der Waals surface area contributed by atoms with Crippen LogP contribution in [0.5, 0.6) is 0 Å². The Morgan fingerprint density at radius 1 is 1.24 bits per heavy atom. The van der Waals surface area contributed by atoms with Crippen molar-refractivity contribution in [2.75, 3.05) is 0 Å². The van der Waals surface area contributed by atoms with E-state index in [0.717, 1.165) is 5.69 Å². The van der Waals surface area contributed by atoms with Crippen molar-refractivity contribution in [3.63, 3.8) is 0 Å².